The molecule has 1 atom stereocenters. The van der Waals surface area contributed by atoms with E-state index in [0.29, 0.717) is 16.7 Å². The Morgan fingerprint density at radius 2 is 2.11 bits per heavy atom. The second-order valence-corrected chi connectivity index (χ2v) is 8.86. The van der Waals surface area contributed by atoms with E-state index in [2.05, 4.69) is 26.1 Å². The van der Waals surface area contributed by atoms with E-state index < -0.39 is 5.97 Å². The Labute approximate surface area is 164 Å². The number of aryl methyl sites for hydroxylation is 2. The smallest absolute Gasteiger partial charge is 0.348 e. The van der Waals surface area contributed by atoms with E-state index in [1.165, 1.54) is 28.2 Å². The van der Waals surface area contributed by atoms with Gasteiger partial charge in [0.1, 0.15) is 4.88 Å². The Kier molecular flexibility index (Phi) is 6.00. The maximum atomic E-state index is 12.4. The summed E-state index contributed by atoms with van der Waals surface area (Å²) in [5, 5.41) is 2.91. The second-order valence-electron chi connectivity index (χ2n) is 7.73. The third kappa shape index (κ3) is 4.59. The highest BCUT2D eigenvalue weighted by molar-refractivity contribution is 7.14. The zero-order chi connectivity index (χ0) is 19.6. The molecule has 1 aliphatic rings. The van der Waals surface area contributed by atoms with E-state index >= 15 is 0 Å². The summed E-state index contributed by atoms with van der Waals surface area (Å²) in [6.45, 7) is 8.10. The van der Waals surface area contributed by atoms with E-state index in [9.17, 15) is 9.59 Å². The summed E-state index contributed by atoms with van der Waals surface area (Å²) < 4.78 is 5.27. The molecule has 2 aromatic rings. The number of carbonyl (C=O) groups excluding carboxylic acids is 2. The first-order valence-corrected chi connectivity index (χ1v) is 10.3. The summed E-state index contributed by atoms with van der Waals surface area (Å²) in [5.41, 5.74) is 4.15. The normalized spacial score (nSPS) is 16.1. The fourth-order valence-electron chi connectivity index (χ4n) is 3.53. The number of thiophene rings is 1. The first kappa shape index (κ1) is 19.6. The fraction of sp³-hybridized carbons (Fsp3) is 0.455. The largest absolute Gasteiger partial charge is 0.451 e. The van der Waals surface area contributed by atoms with Crippen LogP contribution in [0.15, 0.2) is 24.3 Å². The molecule has 1 unspecified atom stereocenters. The molecule has 5 heteroatoms. The summed E-state index contributed by atoms with van der Waals surface area (Å²) in [6.07, 6.45) is 3.21. The van der Waals surface area contributed by atoms with Crippen LogP contribution in [0.2, 0.25) is 0 Å². The molecule has 0 saturated heterocycles. The number of esters is 1. The van der Waals surface area contributed by atoms with Crippen LogP contribution in [0, 0.1) is 12.8 Å². The van der Waals surface area contributed by atoms with Crippen molar-refractivity contribution >= 4 is 28.9 Å². The molecule has 0 fully saturated rings. The maximum absolute atomic E-state index is 12.4. The van der Waals surface area contributed by atoms with Gasteiger partial charge >= 0.3 is 5.97 Å². The van der Waals surface area contributed by atoms with Crippen LogP contribution in [0.25, 0.3) is 0 Å². The van der Waals surface area contributed by atoms with Gasteiger partial charge in [0.25, 0.3) is 5.91 Å². The summed E-state index contributed by atoms with van der Waals surface area (Å²) in [4.78, 5) is 26.6. The molecule has 4 nitrogen and oxygen atoms in total. The van der Waals surface area contributed by atoms with Crippen molar-refractivity contribution in [1.29, 1.82) is 0 Å². The molecule has 1 amide bonds. The average molecular weight is 386 g/mol. The monoisotopic (exact) mass is 385 g/mol. The Morgan fingerprint density at radius 1 is 1.33 bits per heavy atom. The van der Waals surface area contributed by atoms with Crippen LogP contribution in [-0.4, -0.2) is 18.5 Å². The van der Waals surface area contributed by atoms with Gasteiger partial charge in [-0.1, -0.05) is 39.0 Å². The van der Waals surface area contributed by atoms with Gasteiger partial charge in [-0.15, -0.1) is 11.3 Å². The molecular formula is C22H27NO3S. The van der Waals surface area contributed by atoms with Crippen LogP contribution in [0.3, 0.4) is 0 Å². The Balaban J connectivity index is 1.61. The topological polar surface area (TPSA) is 55.4 Å². The van der Waals surface area contributed by atoms with Crippen LogP contribution in [-0.2, 0) is 22.4 Å². The molecule has 1 N–H and O–H groups in total. The number of nitrogens with one attached hydrogen (secondary N) is 1. The number of rotatable bonds is 5. The molecule has 0 spiro atoms. The standard InChI is InChI=1S/C22H27NO3S/c1-13(2)17-7-5-6-15(4)21(17)23-20(24)12-26-22(25)19-11-16-10-14(3)8-9-18(16)27-19/h5-7,11,13-14H,8-10,12H2,1-4H3,(H,23,24). The zero-order valence-corrected chi connectivity index (χ0v) is 17.2. The molecule has 0 bridgehead atoms. The SMILES string of the molecule is Cc1cccc(C(C)C)c1NC(=O)COC(=O)c1cc2c(s1)CCC(C)C2. The molecule has 1 aromatic carbocycles. The predicted molar refractivity (Wildman–Crippen MR) is 110 cm³/mol. The van der Waals surface area contributed by atoms with Gasteiger partial charge in [-0.2, -0.15) is 0 Å². The molecule has 0 radical (unpaired) electrons. The number of fused-ring (bicyclic) bond motifs is 1. The first-order chi connectivity index (χ1) is 12.8. The summed E-state index contributed by atoms with van der Waals surface area (Å²) in [7, 11) is 0. The van der Waals surface area contributed by atoms with Crippen LogP contribution in [0.4, 0.5) is 5.69 Å². The fourth-order valence-corrected chi connectivity index (χ4v) is 4.63. The van der Waals surface area contributed by atoms with Crippen molar-refractivity contribution in [1.82, 2.24) is 0 Å². The first-order valence-electron chi connectivity index (χ1n) is 9.53. The van der Waals surface area contributed by atoms with Crippen molar-refractivity contribution in [3.8, 4) is 0 Å². The van der Waals surface area contributed by atoms with Crippen LogP contribution in [0.1, 0.15) is 64.3 Å². The highest BCUT2D eigenvalue weighted by atomic mass is 32.1. The van der Waals surface area contributed by atoms with E-state index in [1.807, 2.05) is 31.2 Å². The minimum absolute atomic E-state index is 0.274. The Hall–Kier alpha value is -2.14. The highest BCUT2D eigenvalue weighted by Gasteiger charge is 2.22. The molecule has 1 aromatic heterocycles. The molecule has 144 valence electrons. The van der Waals surface area contributed by atoms with E-state index in [1.54, 1.807) is 0 Å². The number of hydrogen-bond acceptors (Lipinski definition) is 4. The number of hydrogen-bond donors (Lipinski definition) is 1. The molecule has 1 aliphatic carbocycles. The van der Waals surface area contributed by atoms with E-state index in [0.717, 1.165) is 29.7 Å². The van der Waals surface area contributed by atoms with Gasteiger partial charge in [-0.05, 0) is 60.8 Å². The summed E-state index contributed by atoms with van der Waals surface area (Å²) >= 11 is 1.50. The number of carbonyl (C=O) groups is 2. The third-order valence-corrected chi connectivity index (χ3v) is 6.27. The van der Waals surface area contributed by atoms with Crippen molar-refractivity contribution in [3.63, 3.8) is 0 Å². The van der Waals surface area contributed by atoms with E-state index in [4.69, 9.17) is 4.74 Å². The van der Waals surface area contributed by atoms with Gasteiger partial charge in [0, 0.05) is 10.6 Å². The van der Waals surface area contributed by atoms with Crippen molar-refractivity contribution < 1.29 is 14.3 Å². The number of para-hydroxylation sites is 1. The van der Waals surface area contributed by atoms with Crippen molar-refractivity contribution in [2.24, 2.45) is 5.92 Å². The van der Waals surface area contributed by atoms with Crippen LogP contribution < -0.4 is 5.32 Å². The second kappa shape index (κ2) is 8.26. The Morgan fingerprint density at radius 3 is 2.85 bits per heavy atom. The minimum Gasteiger partial charge on any atom is -0.451 e. The lowest BCUT2D eigenvalue weighted by molar-refractivity contribution is -0.119. The molecule has 0 aliphatic heterocycles. The quantitative estimate of drug-likeness (QED) is 0.729. The van der Waals surface area contributed by atoms with Crippen LogP contribution in [0.5, 0.6) is 0 Å². The summed E-state index contributed by atoms with van der Waals surface area (Å²) in [5.74, 6) is 0.231. The lowest BCUT2D eigenvalue weighted by atomic mass is 9.90. The minimum atomic E-state index is -0.411. The van der Waals surface area contributed by atoms with Gasteiger partial charge in [-0.25, -0.2) is 4.79 Å². The number of anilines is 1. The Bertz CT molecular complexity index is 853. The average Bonchev–Trinajstić information content (AvgIpc) is 3.04. The molecule has 3 rings (SSSR count). The van der Waals surface area contributed by atoms with Crippen molar-refractivity contribution in [2.75, 3.05) is 11.9 Å². The maximum Gasteiger partial charge on any atom is 0.348 e. The zero-order valence-electron chi connectivity index (χ0n) is 16.4. The lowest BCUT2D eigenvalue weighted by Crippen LogP contribution is -2.22. The van der Waals surface area contributed by atoms with Gasteiger partial charge < -0.3 is 10.1 Å². The lowest BCUT2D eigenvalue weighted by Gasteiger charge is -2.16. The number of ether oxygens (including phenoxy) is 1. The van der Waals surface area contributed by atoms with Gasteiger partial charge in [-0.3, -0.25) is 4.79 Å². The number of amides is 1. The number of benzene rings is 1. The summed E-state index contributed by atoms with van der Waals surface area (Å²) in [6, 6.07) is 7.90. The van der Waals surface area contributed by atoms with Gasteiger partial charge in [0.05, 0.1) is 0 Å². The molecule has 0 saturated carbocycles. The molecular weight excluding hydrogens is 358 g/mol. The van der Waals surface area contributed by atoms with Gasteiger partial charge in [0.2, 0.25) is 0 Å². The third-order valence-electron chi connectivity index (χ3n) is 5.06. The predicted octanol–water partition coefficient (Wildman–Crippen LogP) is 5.10. The van der Waals surface area contributed by atoms with Crippen LogP contribution >= 0.6 is 11.3 Å². The van der Waals surface area contributed by atoms with Gasteiger partial charge in [0.15, 0.2) is 6.61 Å². The highest BCUT2D eigenvalue weighted by Crippen LogP contribution is 2.32. The molecule has 27 heavy (non-hydrogen) atoms. The van der Waals surface area contributed by atoms with Crippen molar-refractivity contribution in [3.05, 3.63) is 50.7 Å². The molecule has 1 heterocycles. The van der Waals surface area contributed by atoms with E-state index in [-0.39, 0.29) is 12.5 Å². The van der Waals surface area contributed by atoms with Crippen molar-refractivity contribution in [2.45, 2.75) is 52.9 Å².